The zero-order valence-corrected chi connectivity index (χ0v) is 14.8. The maximum Gasteiger partial charge on any atom is 0.350 e. The predicted octanol–water partition coefficient (Wildman–Crippen LogP) is 3.65. The Morgan fingerprint density at radius 2 is 1.57 bits per heavy atom. The highest BCUT2D eigenvalue weighted by Gasteiger charge is 2.38. The van der Waals surface area contributed by atoms with Gasteiger partial charge < -0.3 is 14.8 Å². The van der Waals surface area contributed by atoms with Crippen molar-refractivity contribution in [1.82, 2.24) is 0 Å². The van der Waals surface area contributed by atoms with E-state index in [9.17, 15) is 9.59 Å². The van der Waals surface area contributed by atoms with E-state index >= 15 is 0 Å². The van der Waals surface area contributed by atoms with Gasteiger partial charge in [-0.05, 0) is 56.5 Å². The number of aryl methyl sites for hydroxylation is 1. The van der Waals surface area contributed by atoms with E-state index < -0.39 is 17.7 Å². The first-order valence-electron chi connectivity index (χ1n) is 6.08. The molecule has 2 rings (SSSR count). The highest BCUT2D eigenvalue weighted by molar-refractivity contribution is 9.11. The molecule has 0 atom stereocenters. The summed E-state index contributed by atoms with van der Waals surface area (Å²) in [6, 6.07) is 3.82. The number of ether oxygens (including phenoxy) is 2. The van der Waals surface area contributed by atoms with Gasteiger partial charge in [0.25, 0.3) is 5.79 Å². The van der Waals surface area contributed by atoms with Gasteiger partial charge in [0.1, 0.15) is 0 Å². The van der Waals surface area contributed by atoms with Crippen molar-refractivity contribution in [3.8, 4) is 0 Å². The normalized spacial score (nSPS) is 17.1. The molecule has 0 aliphatic carbocycles. The second kappa shape index (κ2) is 5.81. The molecule has 0 bridgehead atoms. The summed E-state index contributed by atoms with van der Waals surface area (Å²) < 4.78 is 11.6. The highest BCUT2D eigenvalue weighted by atomic mass is 79.9. The lowest BCUT2D eigenvalue weighted by Gasteiger charge is -2.29. The predicted molar refractivity (Wildman–Crippen MR) is 84.5 cm³/mol. The van der Waals surface area contributed by atoms with E-state index in [-0.39, 0.29) is 5.57 Å². The molecule has 112 valence electrons. The smallest absolute Gasteiger partial charge is 0.350 e. The first kappa shape index (κ1) is 16.0. The third-order valence-electron chi connectivity index (χ3n) is 2.66. The Bertz CT molecular complexity index is 607. The largest absolute Gasteiger partial charge is 0.419 e. The van der Waals surface area contributed by atoms with Crippen molar-refractivity contribution in [2.45, 2.75) is 26.6 Å². The summed E-state index contributed by atoms with van der Waals surface area (Å²) in [5.41, 5.74) is 1.57. The molecule has 1 aromatic carbocycles. The molecule has 1 aromatic rings. The Morgan fingerprint density at radius 3 is 2.05 bits per heavy atom. The van der Waals surface area contributed by atoms with Crippen LogP contribution in [0.15, 0.2) is 32.9 Å². The summed E-state index contributed by atoms with van der Waals surface area (Å²) in [6.07, 6.45) is 1.28. The Labute approximate surface area is 138 Å². The number of hydrogen-bond donors (Lipinski definition) is 1. The molecule has 0 amide bonds. The van der Waals surface area contributed by atoms with Crippen LogP contribution in [-0.4, -0.2) is 17.7 Å². The van der Waals surface area contributed by atoms with Gasteiger partial charge in [-0.3, -0.25) is 0 Å². The monoisotopic (exact) mass is 417 g/mol. The van der Waals surface area contributed by atoms with Crippen LogP contribution in [0, 0.1) is 6.92 Å². The number of esters is 2. The molecule has 7 heteroatoms. The summed E-state index contributed by atoms with van der Waals surface area (Å²) in [5, 5.41) is 2.91. The van der Waals surface area contributed by atoms with Crippen LogP contribution in [0.25, 0.3) is 0 Å². The van der Waals surface area contributed by atoms with Crippen LogP contribution >= 0.6 is 31.9 Å². The fraction of sp³-hybridized carbons (Fsp3) is 0.286. The van der Waals surface area contributed by atoms with Gasteiger partial charge in [-0.1, -0.05) is 0 Å². The number of carbonyl (C=O) groups excluding carboxylic acids is 2. The fourth-order valence-corrected chi connectivity index (χ4v) is 3.40. The molecule has 1 aliphatic rings. The minimum atomic E-state index is -1.24. The molecule has 1 fully saturated rings. The molecule has 1 aliphatic heterocycles. The Balaban J connectivity index is 2.26. The van der Waals surface area contributed by atoms with Gasteiger partial charge in [-0.2, -0.15) is 0 Å². The van der Waals surface area contributed by atoms with E-state index in [1.807, 2.05) is 19.1 Å². The first-order valence-corrected chi connectivity index (χ1v) is 7.67. The lowest BCUT2D eigenvalue weighted by Crippen LogP contribution is -2.42. The number of carbonyl (C=O) groups is 2. The van der Waals surface area contributed by atoms with Crippen molar-refractivity contribution in [3.63, 3.8) is 0 Å². The van der Waals surface area contributed by atoms with Crippen LogP contribution in [0.4, 0.5) is 5.69 Å². The molecule has 5 nitrogen and oxygen atoms in total. The average Bonchev–Trinajstić information content (AvgIpc) is 2.29. The minimum Gasteiger partial charge on any atom is -0.419 e. The molecule has 0 unspecified atom stereocenters. The average molecular weight is 419 g/mol. The van der Waals surface area contributed by atoms with Crippen LogP contribution in [0.5, 0.6) is 0 Å². The van der Waals surface area contributed by atoms with Crippen molar-refractivity contribution in [2.75, 3.05) is 5.32 Å². The number of hydrogen-bond acceptors (Lipinski definition) is 5. The molecule has 1 N–H and O–H groups in total. The van der Waals surface area contributed by atoms with Gasteiger partial charge in [0, 0.05) is 29.0 Å². The lowest BCUT2D eigenvalue weighted by molar-refractivity contribution is -0.222. The quantitative estimate of drug-likeness (QED) is 0.451. The number of benzene rings is 1. The Morgan fingerprint density at radius 1 is 1.10 bits per heavy atom. The molecule has 21 heavy (non-hydrogen) atoms. The Hall–Kier alpha value is -1.34. The fourth-order valence-electron chi connectivity index (χ4n) is 1.76. The molecule has 0 spiro atoms. The van der Waals surface area contributed by atoms with Crippen molar-refractivity contribution in [3.05, 3.63) is 38.4 Å². The molecule has 1 heterocycles. The zero-order chi connectivity index (χ0) is 15.8. The first-order chi connectivity index (χ1) is 9.69. The van der Waals surface area contributed by atoms with Crippen molar-refractivity contribution >= 4 is 49.5 Å². The van der Waals surface area contributed by atoms with Crippen LogP contribution in [-0.2, 0) is 19.1 Å². The summed E-state index contributed by atoms with van der Waals surface area (Å²) in [7, 11) is 0. The number of nitrogens with one attached hydrogen (secondary N) is 1. The second-order valence-corrected chi connectivity index (χ2v) is 6.69. The second-order valence-electron chi connectivity index (χ2n) is 4.98. The molecular formula is C14H13Br2NO4. The standard InChI is InChI=1S/C14H13Br2NO4/c1-7-4-9(15)11(10(16)5-7)17-6-8-12(18)20-14(2,3)21-13(8)19/h4-6,17H,1-3H3. The van der Waals surface area contributed by atoms with Crippen molar-refractivity contribution < 1.29 is 19.1 Å². The van der Waals surface area contributed by atoms with Crippen molar-refractivity contribution in [1.29, 1.82) is 0 Å². The maximum absolute atomic E-state index is 11.8. The number of rotatable bonds is 2. The summed E-state index contributed by atoms with van der Waals surface area (Å²) in [5.74, 6) is -2.68. The molecule has 0 radical (unpaired) electrons. The SMILES string of the molecule is Cc1cc(Br)c(NC=C2C(=O)OC(C)(C)OC2=O)c(Br)c1. The van der Waals surface area contributed by atoms with Gasteiger partial charge in [0.2, 0.25) is 0 Å². The molecule has 0 saturated carbocycles. The minimum absolute atomic E-state index is 0.186. The summed E-state index contributed by atoms with van der Waals surface area (Å²) in [4.78, 5) is 23.6. The van der Waals surface area contributed by atoms with Gasteiger partial charge in [0.15, 0.2) is 5.57 Å². The molecular weight excluding hydrogens is 406 g/mol. The number of halogens is 2. The van der Waals surface area contributed by atoms with E-state index in [0.29, 0.717) is 5.69 Å². The molecule has 1 saturated heterocycles. The van der Waals surface area contributed by atoms with Gasteiger partial charge >= 0.3 is 11.9 Å². The van der Waals surface area contributed by atoms with Gasteiger partial charge in [-0.15, -0.1) is 0 Å². The maximum atomic E-state index is 11.8. The number of anilines is 1. The van der Waals surface area contributed by atoms with E-state index in [1.165, 1.54) is 20.0 Å². The lowest BCUT2D eigenvalue weighted by atomic mass is 10.2. The zero-order valence-electron chi connectivity index (χ0n) is 11.6. The van der Waals surface area contributed by atoms with Crippen LogP contribution in [0.1, 0.15) is 19.4 Å². The summed E-state index contributed by atoms with van der Waals surface area (Å²) in [6.45, 7) is 4.95. The van der Waals surface area contributed by atoms with Crippen LogP contribution in [0.3, 0.4) is 0 Å². The van der Waals surface area contributed by atoms with Crippen LogP contribution < -0.4 is 5.32 Å². The van der Waals surface area contributed by atoms with E-state index in [0.717, 1.165) is 14.5 Å². The van der Waals surface area contributed by atoms with Gasteiger partial charge in [-0.25, -0.2) is 9.59 Å². The van der Waals surface area contributed by atoms with Gasteiger partial charge in [0.05, 0.1) is 5.69 Å². The third-order valence-corrected chi connectivity index (χ3v) is 3.91. The number of cyclic esters (lactones) is 2. The Kier molecular flexibility index (Phi) is 4.43. The van der Waals surface area contributed by atoms with Crippen molar-refractivity contribution in [2.24, 2.45) is 0 Å². The summed E-state index contributed by atoms with van der Waals surface area (Å²) >= 11 is 6.83. The van der Waals surface area contributed by atoms with E-state index in [1.54, 1.807) is 0 Å². The van der Waals surface area contributed by atoms with E-state index in [4.69, 9.17) is 9.47 Å². The topological polar surface area (TPSA) is 64.6 Å². The van der Waals surface area contributed by atoms with E-state index in [2.05, 4.69) is 37.2 Å². The third kappa shape index (κ3) is 3.65. The van der Waals surface area contributed by atoms with Crippen LogP contribution in [0.2, 0.25) is 0 Å². The molecule has 0 aromatic heterocycles. The highest BCUT2D eigenvalue weighted by Crippen LogP contribution is 2.33.